The van der Waals surface area contributed by atoms with E-state index in [1.165, 1.54) is 0 Å². The summed E-state index contributed by atoms with van der Waals surface area (Å²) in [7, 11) is 0. The summed E-state index contributed by atoms with van der Waals surface area (Å²) >= 11 is 5.89. The zero-order chi connectivity index (χ0) is 19.1. The Kier molecular flexibility index (Phi) is 7.18. The highest BCUT2D eigenvalue weighted by Gasteiger charge is 2.13. The minimum absolute atomic E-state index is 0.108. The van der Waals surface area contributed by atoms with E-state index in [1.807, 2.05) is 36.5 Å². The van der Waals surface area contributed by atoms with Gasteiger partial charge in [-0.25, -0.2) is 4.79 Å². The van der Waals surface area contributed by atoms with E-state index in [4.69, 9.17) is 16.3 Å². The van der Waals surface area contributed by atoms with Crippen LogP contribution in [0.3, 0.4) is 0 Å². The number of esters is 1. The Morgan fingerprint density at radius 2 is 1.65 bits per heavy atom. The van der Waals surface area contributed by atoms with Crippen LogP contribution in [0.5, 0.6) is 0 Å². The lowest BCUT2D eigenvalue weighted by Crippen LogP contribution is -2.86. The average molecular weight is 376 g/mol. The fourth-order valence-corrected chi connectivity index (χ4v) is 2.50. The number of hydrogen-bond donors (Lipinski definition) is 2. The first-order chi connectivity index (χ1) is 12.3. The maximum Gasteiger partial charge on any atom is 0.338 e. The van der Waals surface area contributed by atoms with E-state index >= 15 is 0 Å². The Balaban J connectivity index is 1.83. The molecule has 0 aliphatic heterocycles. The molecule has 138 valence electrons. The molecular formula is C20H24ClN2O3+. The van der Waals surface area contributed by atoms with Crippen molar-refractivity contribution in [3.05, 3.63) is 64.7 Å². The zero-order valence-electron chi connectivity index (χ0n) is 15.2. The summed E-state index contributed by atoms with van der Waals surface area (Å²) in [5, 5.41) is 5.47. The molecule has 1 atom stereocenters. The van der Waals surface area contributed by atoms with Gasteiger partial charge in [0.2, 0.25) is 0 Å². The molecule has 6 heteroatoms. The number of carbonyl (C=O) groups excluding carboxylic acids is 2. The predicted octanol–water partition coefficient (Wildman–Crippen LogP) is 3.17. The number of rotatable bonds is 7. The third kappa shape index (κ3) is 6.17. The Hall–Kier alpha value is -2.37. The number of quaternary nitrogens is 1. The lowest BCUT2D eigenvalue weighted by atomic mass is 10.1. The van der Waals surface area contributed by atoms with Crippen LogP contribution < -0.4 is 10.6 Å². The van der Waals surface area contributed by atoms with Crippen LogP contribution in [-0.4, -0.2) is 24.5 Å². The van der Waals surface area contributed by atoms with Crippen molar-refractivity contribution in [1.82, 2.24) is 0 Å². The molecule has 3 N–H and O–H groups in total. The van der Waals surface area contributed by atoms with Crippen molar-refractivity contribution in [2.75, 3.05) is 11.9 Å². The highest BCUT2D eigenvalue weighted by atomic mass is 35.5. The minimum Gasteiger partial charge on any atom is -0.459 e. The molecule has 26 heavy (non-hydrogen) atoms. The normalized spacial score (nSPS) is 11.9. The first-order valence-corrected chi connectivity index (χ1v) is 8.92. The molecule has 0 aliphatic carbocycles. The molecule has 5 nitrogen and oxygen atoms in total. The van der Waals surface area contributed by atoms with Gasteiger partial charge in [-0.2, -0.15) is 0 Å². The second-order valence-electron chi connectivity index (χ2n) is 6.36. The van der Waals surface area contributed by atoms with E-state index in [1.54, 1.807) is 38.1 Å². The van der Waals surface area contributed by atoms with Crippen molar-refractivity contribution in [2.24, 2.45) is 0 Å². The van der Waals surface area contributed by atoms with Crippen LogP contribution >= 0.6 is 11.6 Å². The summed E-state index contributed by atoms with van der Waals surface area (Å²) in [6.07, 6.45) is -0.167. The number of carbonyl (C=O) groups is 2. The third-order valence-electron chi connectivity index (χ3n) is 3.80. The molecule has 0 unspecified atom stereocenters. The third-order valence-corrected chi connectivity index (χ3v) is 4.05. The Morgan fingerprint density at radius 3 is 2.23 bits per heavy atom. The monoisotopic (exact) mass is 375 g/mol. The molecule has 0 spiro atoms. The van der Waals surface area contributed by atoms with E-state index < -0.39 is 0 Å². The van der Waals surface area contributed by atoms with Gasteiger partial charge < -0.3 is 15.4 Å². The van der Waals surface area contributed by atoms with Gasteiger partial charge in [0, 0.05) is 16.3 Å². The quantitative estimate of drug-likeness (QED) is 0.730. The van der Waals surface area contributed by atoms with E-state index in [9.17, 15) is 9.59 Å². The summed E-state index contributed by atoms with van der Waals surface area (Å²) in [4.78, 5) is 23.9. The van der Waals surface area contributed by atoms with Gasteiger partial charge in [-0.1, -0.05) is 23.7 Å². The number of benzene rings is 2. The molecule has 0 heterocycles. The van der Waals surface area contributed by atoms with Crippen LogP contribution in [0.15, 0.2) is 48.5 Å². The second kappa shape index (κ2) is 9.36. The molecule has 0 fully saturated rings. The van der Waals surface area contributed by atoms with E-state index in [0.717, 1.165) is 5.56 Å². The molecule has 0 saturated carbocycles. The smallest absolute Gasteiger partial charge is 0.338 e. The number of nitrogens with two attached hydrogens (primary N) is 1. The molecule has 0 radical (unpaired) electrons. The lowest BCUT2D eigenvalue weighted by molar-refractivity contribution is -0.682. The van der Waals surface area contributed by atoms with Crippen molar-refractivity contribution < 1.29 is 19.6 Å². The van der Waals surface area contributed by atoms with Crippen LogP contribution in [0.2, 0.25) is 5.02 Å². The van der Waals surface area contributed by atoms with Gasteiger partial charge in [0.15, 0.2) is 6.54 Å². The molecule has 0 bridgehead atoms. The van der Waals surface area contributed by atoms with Crippen molar-refractivity contribution in [3.63, 3.8) is 0 Å². The van der Waals surface area contributed by atoms with Crippen molar-refractivity contribution in [3.8, 4) is 0 Å². The molecule has 0 saturated heterocycles. The van der Waals surface area contributed by atoms with Gasteiger partial charge in [-0.05, 0) is 57.2 Å². The van der Waals surface area contributed by atoms with Gasteiger partial charge in [-0.3, -0.25) is 4.79 Å². The SMILES string of the molecule is CC(C)OC(=O)c1ccc(NC(=O)C[NH2+][C@@H](C)c2ccc(Cl)cc2)cc1. The Morgan fingerprint density at radius 1 is 1.04 bits per heavy atom. The summed E-state index contributed by atoms with van der Waals surface area (Å²) in [6, 6.07) is 14.4. The first kappa shape index (κ1) is 19.9. The topological polar surface area (TPSA) is 72.0 Å². The number of nitrogens with one attached hydrogen (secondary N) is 1. The van der Waals surface area contributed by atoms with Gasteiger partial charge in [0.25, 0.3) is 5.91 Å². The van der Waals surface area contributed by atoms with Gasteiger partial charge in [-0.15, -0.1) is 0 Å². The molecular weight excluding hydrogens is 352 g/mol. The predicted molar refractivity (Wildman–Crippen MR) is 102 cm³/mol. The maximum absolute atomic E-state index is 12.1. The standard InChI is InChI=1S/C20H23ClN2O3/c1-13(2)26-20(25)16-6-10-18(11-7-16)23-19(24)12-22-14(3)15-4-8-17(21)9-5-15/h4-11,13-14,22H,12H2,1-3H3,(H,23,24)/p+1/t14-/m0/s1. The molecule has 0 aromatic heterocycles. The van der Waals surface area contributed by atoms with Crippen LogP contribution in [0, 0.1) is 0 Å². The van der Waals surface area contributed by atoms with Crippen molar-refractivity contribution in [1.29, 1.82) is 0 Å². The van der Waals surface area contributed by atoms with Gasteiger partial charge in [0.1, 0.15) is 6.04 Å². The number of anilines is 1. The number of ether oxygens (including phenoxy) is 1. The van der Waals surface area contributed by atoms with Gasteiger partial charge >= 0.3 is 5.97 Å². The van der Waals surface area contributed by atoms with Crippen molar-refractivity contribution in [2.45, 2.75) is 32.9 Å². The summed E-state index contributed by atoms with van der Waals surface area (Å²) in [6.45, 7) is 5.93. The number of halogens is 1. The minimum atomic E-state index is -0.372. The first-order valence-electron chi connectivity index (χ1n) is 8.55. The summed E-state index contributed by atoms with van der Waals surface area (Å²) in [5.41, 5.74) is 2.21. The fraction of sp³-hybridized carbons (Fsp3) is 0.300. The van der Waals surface area contributed by atoms with Crippen LogP contribution in [0.1, 0.15) is 42.7 Å². The van der Waals surface area contributed by atoms with Gasteiger partial charge in [0.05, 0.1) is 11.7 Å². The molecule has 0 aliphatic rings. The molecule has 2 aromatic carbocycles. The highest BCUT2D eigenvalue weighted by Crippen LogP contribution is 2.14. The van der Waals surface area contributed by atoms with E-state index in [2.05, 4.69) is 5.32 Å². The van der Waals surface area contributed by atoms with Crippen LogP contribution in [0.4, 0.5) is 5.69 Å². The summed E-state index contributed by atoms with van der Waals surface area (Å²) < 4.78 is 5.13. The molecule has 1 amide bonds. The number of hydrogen-bond acceptors (Lipinski definition) is 3. The van der Waals surface area contributed by atoms with Crippen LogP contribution in [0.25, 0.3) is 0 Å². The summed E-state index contributed by atoms with van der Waals surface area (Å²) in [5.74, 6) is -0.480. The number of amides is 1. The van der Waals surface area contributed by atoms with Crippen LogP contribution in [-0.2, 0) is 9.53 Å². The second-order valence-corrected chi connectivity index (χ2v) is 6.80. The van der Waals surface area contributed by atoms with Crippen molar-refractivity contribution >= 4 is 29.2 Å². The van der Waals surface area contributed by atoms with E-state index in [0.29, 0.717) is 22.8 Å². The zero-order valence-corrected chi connectivity index (χ0v) is 15.9. The fourth-order valence-electron chi connectivity index (χ4n) is 2.37. The van der Waals surface area contributed by atoms with E-state index in [-0.39, 0.29) is 24.0 Å². The Labute approximate surface area is 158 Å². The average Bonchev–Trinajstić information content (AvgIpc) is 2.60. The Bertz CT molecular complexity index is 743. The molecule has 2 rings (SSSR count). The molecule has 2 aromatic rings. The largest absolute Gasteiger partial charge is 0.459 e. The highest BCUT2D eigenvalue weighted by molar-refractivity contribution is 6.30. The lowest BCUT2D eigenvalue weighted by Gasteiger charge is -2.12. The maximum atomic E-state index is 12.1.